The van der Waals surface area contributed by atoms with Gasteiger partial charge in [-0.05, 0) is 61.8 Å². The summed E-state index contributed by atoms with van der Waals surface area (Å²) >= 11 is 0. The molecule has 0 bridgehead atoms. The van der Waals surface area contributed by atoms with Gasteiger partial charge in [0.05, 0.1) is 18.6 Å². The van der Waals surface area contributed by atoms with E-state index in [1.807, 2.05) is 30.3 Å². The second-order valence-corrected chi connectivity index (χ2v) is 7.35. The van der Waals surface area contributed by atoms with Crippen molar-refractivity contribution in [2.75, 3.05) is 13.1 Å². The predicted molar refractivity (Wildman–Crippen MR) is 105 cm³/mol. The molecule has 1 aliphatic rings. The monoisotopic (exact) mass is 354 g/mol. The largest absolute Gasteiger partial charge is 0.490 e. The second-order valence-electron chi connectivity index (χ2n) is 7.35. The Hall–Kier alpha value is -2.28. The summed E-state index contributed by atoms with van der Waals surface area (Å²) in [4.78, 5) is 14.3. The van der Waals surface area contributed by atoms with E-state index in [9.17, 15) is 4.79 Å². The van der Waals surface area contributed by atoms with E-state index < -0.39 is 0 Å². The lowest BCUT2D eigenvalue weighted by atomic mass is 10.1. The molecule has 0 aliphatic heterocycles. The molecule has 0 atom stereocenters. The van der Waals surface area contributed by atoms with Crippen LogP contribution < -0.4 is 4.74 Å². The SMILES string of the molecule is CC(C)CCN(CCC#N)C(=O)C=Cc1cccc(OC2CCCC2)c1. The summed E-state index contributed by atoms with van der Waals surface area (Å²) in [6.07, 6.45) is 9.81. The molecule has 0 aromatic heterocycles. The van der Waals surface area contributed by atoms with Crippen LogP contribution in [0.4, 0.5) is 0 Å². The van der Waals surface area contributed by atoms with Crippen LogP contribution in [0.1, 0.15) is 57.9 Å². The minimum Gasteiger partial charge on any atom is -0.490 e. The molecule has 4 nitrogen and oxygen atoms in total. The molecule has 140 valence electrons. The van der Waals surface area contributed by atoms with Crippen molar-refractivity contribution in [2.45, 2.75) is 58.5 Å². The third-order valence-electron chi connectivity index (χ3n) is 4.66. The standard InChI is InChI=1S/C22H30N2O2/c1-18(2)13-16-24(15-6-14-23)22(25)12-11-19-7-5-10-21(17-19)26-20-8-3-4-9-20/h5,7,10-12,17-18,20H,3-4,6,8-9,13,15-16H2,1-2H3. The zero-order valence-electron chi connectivity index (χ0n) is 16.0. The first kappa shape index (κ1) is 20.0. The van der Waals surface area contributed by atoms with Gasteiger partial charge in [0.2, 0.25) is 5.91 Å². The van der Waals surface area contributed by atoms with Crippen LogP contribution in [0.5, 0.6) is 5.75 Å². The second kappa shape index (κ2) is 10.7. The number of ether oxygens (including phenoxy) is 1. The normalized spacial score (nSPS) is 14.7. The molecule has 4 heteroatoms. The van der Waals surface area contributed by atoms with Crippen LogP contribution in [0.2, 0.25) is 0 Å². The number of carbonyl (C=O) groups is 1. The molecular formula is C22H30N2O2. The van der Waals surface area contributed by atoms with Crippen molar-refractivity contribution in [3.8, 4) is 11.8 Å². The van der Waals surface area contributed by atoms with Gasteiger partial charge < -0.3 is 9.64 Å². The molecule has 26 heavy (non-hydrogen) atoms. The summed E-state index contributed by atoms with van der Waals surface area (Å²) in [5, 5.41) is 8.81. The average molecular weight is 354 g/mol. The van der Waals surface area contributed by atoms with Crippen molar-refractivity contribution >= 4 is 12.0 Å². The molecule has 2 rings (SSSR count). The number of amides is 1. The summed E-state index contributed by atoms with van der Waals surface area (Å²) in [6, 6.07) is 10.0. The summed E-state index contributed by atoms with van der Waals surface area (Å²) in [5.41, 5.74) is 0.956. The van der Waals surface area contributed by atoms with Gasteiger partial charge in [-0.1, -0.05) is 26.0 Å². The average Bonchev–Trinajstić information content (AvgIpc) is 3.13. The summed E-state index contributed by atoms with van der Waals surface area (Å²) < 4.78 is 6.02. The number of hydrogen-bond donors (Lipinski definition) is 0. The smallest absolute Gasteiger partial charge is 0.246 e. The van der Waals surface area contributed by atoms with E-state index in [4.69, 9.17) is 10.00 Å². The summed E-state index contributed by atoms with van der Waals surface area (Å²) in [7, 11) is 0. The van der Waals surface area contributed by atoms with Gasteiger partial charge in [-0.2, -0.15) is 5.26 Å². The maximum Gasteiger partial charge on any atom is 0.246 e. The first-order chi connectivity index (χ1) is 12.6. The van der Waals surface area contributed by atoms with Crippen LogP contribution in [0.15, 0.2) is 30.3 Å². The first-order valence-corrected chi connectivity index (χ1v) is 9.69. The van der Waals surface area contributed by atoms with Crippen molar-refractivity contribution in [1.29, 1.82) is 5.26 Å². The van der Waals surface area contributed by atoms with Crippen LogP contribution in [0.25, 0.3) is 6.08 Å². The number of carbonyl (C=O) groups excluding carboxylic acids is 1. The highest BCUT2D eigenvalue weighted by molar-refractivity contribution is 5.91. The Morgan fingerprint density at radius 2 is 2.12 bits per heavy atom. The van der Waals surface area contributed by atoms with Crippen molar-refractivity contribution in [3.63, 3.8) is 0 Å². The lowest BCUT2D eigenvalue weighted by Crippen LogP contribution is -2.32. The molecule has 1 aromatic rings. The molecule has 0 spiro atoms. The van der Waals surface area contributed by atoms with Crippen LogP contribution in [-0.4, -0.2) is 30.0 Å². The maximum absolute atomic E-state index is 12.5. The molecule has 0 saturated heterocycles. The molecule has 1 amide bonds. The molecule has 0 radical (unpaired) electrons. The predicted octanol–water partition coefficient (Wildman–Crippen LogP) is 4.81. The van der Waals surface area contributed by atoms with Gasteiger partial charge in [0.1, 0.15) is 5.75 Å². The Labute approximate surface area is 157 Å². The third-order valence-corrected chi connectivity index (χ3v) is 4.66. The number of benzene rings is 1. The minimum atomic E-state index is -0.0389. The molecule has 0 N–H and O–H groups in total. The van der Waals surface area contributed by atoms with E-state index in [0.717, 1.165) is 30.6 Å². The molecule has 1 aliphatic carbocycles. The van der Waals surface area contributed by atoms with Gasteiger partial charge >= 0.3 is 0 Å². The van der Waals surface area contributed by atoms with E-state index in [1.54, 1.807) is 11.0 Å². The van der Waals surface area contributed by atoms with Gasteiger partial charge in [0.25, 0.3) is 0 Å². The lowest BCUT2D eigenvalue weighted by Gasteiger charge is -2.21. The van der Waals surface area contributed by atoms with Crippen LogP contribution >= 0.6 is 0 Å². The van der Waals surface area contributed by atoms with Crippen LogP contribution in [0, 0.1) is 17.2 Å². The van der Waals surface area contributed by atoms with Crippen LogP contribution in [-0.2, 0) is 4.79 Å². The van der Waals surface area contributed by atoms with Crippen molar-refractivity contribution in [2.24, 2.45) is 5.92 Å². The van der Waals surface area contributed by atoms with Gasteiger partial charge in [-0.25, -0.2) is 0 Å². The third kappa shape index (κ3) is 6.92. The highest BCUT2D eigenvalue weighted by Gasteiger charge is 2.16. The zero-order valence-corrected chi connectivity index (χ0v) is 16.0. The van der Waals surface area contributed by atoms with E-state index >= 15 is 0 Å². The Kier molecular flexibility index (Phi) is 8.21. The topological polar surface area (TPSA) is 53.3 Å². The number of nitrogens with zero attached hydrogens (tertiary/aromatic N) is 2. The number of nitriles is 1. The molecule has 0 heterocycles. The fourth-order valence-electron chi connectivity index (χ4n) is 3.09. The summed E-state index contributed by atoms with van der Waals surface area (Å²) in [5.74, 6) is 1.36. The van der Waals surface area contributed by atoms with E-state index in [-0.39, 0.29) is 5.91 Å². The first-order valence-electron chi connectivity index (χ1n) is 9.69. The molecule has 1 aromatic carbocycles. The molecule has 0 unspecified atom stereocenters. The van der Waals surface area contributed by atoms with E-state index in [0.29, 0.717) is 31.5 Å². The molecule has 1 fully saturated rings. The highest BCUT2D eigenvalue weighted by atomic mass is 16.5. The Bertz CT molecular complexity index is 640. The number of rotatable bonds is 9. The fraction of sp³-hybridized carbons (Fsp3) is 0.545. The highest BCUT2D eigenvalue weighted by Crippen LogP contribution is 2.24. The van der Waals surface area contributed by atoms with Crippen molar-refractivity contribution in [1.82, 2.24) is 4.90 Å². The Morgan fingerprint density at radius 3 is 2.81 bits per heavy atom. The van der Waals surface area contributed by atoms with Gasteiger partial charge in [-0.3, -0.25) is 4.79 Å². The Morgan fingerprint density at radius 1 is 1.35 bits per heavy atom. The molecular weight excluding hydrogens is 324 g/mol. The van der Waals surface area contributed by atoms with E-state index in [1.165, 1.54) is 12.8 Å². The number of hydrogen-bond acceptors (Lipinski definition) is 3. The van der Waals surface area contributed by atoms with Crippen molar-refractivity contribution in [3.05, 3.63) is 35.9 Å². The minimum absolute atomic E-state index is 0.0389. The lowest BCUT2D eigenvalue weighted by molar-refractivity contribution is -0.126. The van der Waals surface area contributed by atoms with Crippen molar-refractivity contribution < 1.29 is 9.53 Å². The Balaban J connectivity index is 1.96. The van der Waals surface area contributed by atoms with Gasteiger partial charge in [-0.15, -0.1) is 0 Å². The van der Waals surface area contributed by atoms with Gasteiger partial charge in [0.15, 0.2) is 0 Å². The quantitative estimate of drug-likeness (QED) is 0.598. The fourth-order valence-corrected chi connectivity index (χ4v) is 3.09. The van der Waals surface area contributed by atoms with E-state index in [2.05, 4.69) is 19.9 Å². The summed E-state index contributed by atoms with van der Waals surface area (Å²) in [6.45, 7) is 5.45. The van der Waals surface area contributed by atoms with Gasteiger partial charge in [0, 0.05) is 19.2 Å². The van der Waals surface area contributed by atoms with Crippen LogP contribution in [0.3, 0.4) is 0 Å². The maximum atomic E-state index is 12.5. The molecule has 1 saturated carbocycles. The zero-order chi connectivity index (χ0) is 18.8.